The summed E-state index contributed by atoms with van der Waals surface area (Å²) in [5, 5.41) is 0. The van der Waals surface area contributed by atoms with Gasteiger partial charge in [-0.1, -0.05) is 0 Å². The van der Waals surface area contributed by atoms with Crippen molar-refractivity contribution < 1.29 is 17.6 Å². The third-order valence-corrected chi connectivity index (χ3v) is 2.17. The summed E-state index contributed by atoms with van der Waals surface area (Å²) >= 11 is 1.44. The van der Waals surface area contributed by atoms with Crippen molar-refractivity contribution in [2.45, 2.75) is 12.9 Å². The van der Waals surface area contributed by atoms with Crippen molar-refractivity contribution in [2.75, 3.05) is 0 Å². The van der Waals surface area contributed by atoms with Gasteiger partial charge in [0.05, 0.1) is 11.3 Å². The molecule has 0 aliphatic rings. The monoisotopic (exact) mass is 305 g/mol. The van der Waals surface area contributed by atoms with E-state index in [4.69, 9.17) is 0 Å². The van der Waals surface area contributed by atoms with Gasteiger partial charge >= 0.3 is 6.18 Å². The van der Waals surface area contributed by atoms with Gasteiger partial charge < -0.3 is 0 Å². The quantitative estimate of drug-likeness (QED) is 0.441. The van der Waals surface area contributed by atoms with Crippen molar-refractivity contribution in [3.8, 4) is 0 Å². The van der Waals surface area contributed by atoms with Gasteiger partial charge in [0.2, 0.25) is 0 Å². The molecule has 0 bridgehead atoms. The Bertz CT molecular complexity index is 310. The average molecular weight is 305 g/mol. The molecule has 13 heavy (non-hydrogen) atoms. The zero-order valence-corrected chi connectivity index (χ0v) is 8.36. The highest BCUT2D eigenvalue weighted by atomic mass is 127. The van der Waals surface area contributed by atoms with Gasteiger partial charge in [-0.15, -0.1) is 0 Å². The Morgan fingerprint density at radius 2 is 1.92 bits per heavy atom. The molecule has 1 aromatic rings. The van der Waals surface area contributed by atoms with Crippen molar-refractivity contribution >= 4 is 22.6 Å². The third-order valence-electron chi connectivity index (χ3n) is 1.35. The number of hydrogen-bond acceptors (Lipinski definition) is 1. The molecular weight excluding hydrogens is 301 g/mol. The van der Waals surface area contributed by atoms with Crippen molar-refractivity contribution in [2.24, 2.45) is 0 Å². The first-order valence-electron chi connectivity index (χ1n) is 3.23. The number of nitrogens with zero attached hydrogens (tertiary/aromatic N) is 1. The summed E-state index contributed by atoms with van der Waals surface area (Å²) in [4.78, 5) is 3.45. The van der Waals surface area contributed by atoms with Crippen molar-refractivity contribution in [1.29, 1.82) is 0 Å². The Hall–Kier alpha value is -0.400. The molecule has 0 saturated carbocycles. The maximum absolute atomic E-state index is 12.1. The molecule has 0 amide bonds. The maximum atomic E-state index is 12.1. The minimum atomic E-state index is -4.42. The Labute approximate surface area is 85.3 Å². The van der Waals surface area contributed by atoms with Gasteiger partial charge in [0.15, 0.2) is 0 Å². The standard InChI is InChI=1S/C7H4F4IN/c8-3-4-1-2-5(6(12)13-4)7(9,10)11/h1-2H,3H2. The molecule has 72 valence electrons. The van der Waals surface area contributed by atoms with Crippen LogP contribution in [0.25, 0.3) is 0 Å². The normalized spacial score (nSPS) is 11.8. The van der Waals surface area contributed by atoms with E-state index in [-0.39, 0.29) is 9.39 Å². The van der Waals surface area contributed by atoms with Crippen LogP contribution in [-0.4, -0.2) is 4.98 Å². The first-order valence-corrected chi connectivity index (χ1v) is 4.31. The second-order valence-electron chi connectivity index (χ2n) is 2.27. The van der Waals surface area contributed by atoms with Crippen LogP contribution in [0.15, 0.2) is 12.1 Å². The van der Waals surface area contributed by atoms with Gasteiger partial charge in [-0.05, 0) is 34.7 Å². The topological polar surface area (TPSA) is 12.9 Å². The van der Waals surface area contributed by atoms with E-state index in [1.807, 2.05) is 0 Å². The third kappa shape index (κ3) is 2.52. The lowest BCUT2D eigenvalue weighted by atomic mass is 10.2. The number of aromatic nitrogens is 1. The fourth-order valence-corrected chi connectivity index (χ4v) is 1.55. The smallest absolute Gasteiger partial charge is 0.244 e. The molecule has 0 saturated heterocycles. The molecule has 0 aliphatic carbocycles. The molecule has 1 rings (SSSR count). The van der Waals surface area contributed by atoms with E-state index in [0.29, 0.717) is 0 Å². The lowest BCUT2D eigenvalue weighted by Crippen LogP contribution is -2.09. The Morgan fingerprint density at radius 3 is 2.31 bits per heavy atom. The van der Waals surface area contributed by atoms with E-state index in [2.05, 4.69) is 4.98 Å². The van der Waals surface area contributed by atoms with Crippen LogP contribution in [0.4, 0.5) is 17.6 Å². The molecule has 0 atom stereocenters. The molecule has 0 N–H and O–H groups in total. The van der Waals surface area contributed by atoms with Gasteiger partial charge in [0.1, 0.15) is 10.4 Å². The number of rotatable bonds is 1. The van der Waals surface area contributed by atoms with Crippen LogP contribution in [0, 0.1) is 3.70 Å². The van der Waals surface area contributed by atoms with Crippen LogP contribution in [0.2, 0.25) is 0 Å². The van der Waals surface area contributed by atoms with Crippen LogP contribution in [0.1, 0.15) is 11.3 Å². The second-order valence-corrected chi connectivity index (χ2v) is 3.29. The fourth-order valence-electron chi connectivity index (χ4n) is 0.758. The van der Waals surface area contributed by atoms with E-state index >= 15 is 0 Å². The Kier molecular flexibility index (Phi) is 3.09. The molecule has 0 spiro atoms. The summed E-state index contributed by atoms with van der Waals surface area (Å²) in [5.74, 6) is 0. The highest BCUT2D eigenvalue weighted by Gasteiger charge is 2.33. The maximum Gasteiger partial charge on any atom is 0.418 e. The minimum Gasteiger partial charge on any atom is -0.244 e. The number of alkyl halides is 4. The van der Waals surface area contributed by atoms with Crippen LogP contribution in [0.5, 0.6) is 0 Å². The highest BCUT2D eigenvalue weighted by molar-refractivity contribution is 14.1. The van der Waals surface area contributed by atoms with E-state index in [9.17, 15) is 17.6 Å². The summed E-state index contributed by atoms with van der Waals surface area (Å²) in [6, 6.07) is 1.87. The van der Waals surface area contributed by atoms with Gasteiger partial charge in [0, 0.05) is 0 Å². The molecular formula is C7H4F4IN. The molecule has 0 aromatic carbocycles. The summed E-state index contributed by atoms with van der Waals surface area (Å²) in [7, 11) is 0. The van der Waals surface area contributed by atoms with E-state index in [1.54, 1.807) is 0 Å². The lowest BCUT2D eigenvalue weighted by molar-refractivity contribution is -0.138. The number of hydrogen-bond donors (Lipinski definition) is 0. The summed E-state index contributed by atoms with van der Waals surface area (Å²) in [6.07, 6.45) is -4.42. The molecule has 0 fully saturated rings. The number of halogens is 5. The zero-order valence-electron chi connectivity index (χ0n) is 6.20. The highest BCUT2D eigenvalue weighted by Crippen LogP contribution is 2.31. The Morgan fingerprint density at radius 1 is 1.31 bits per heavy atom. The lowest BCUT2D eigenvalue weighted by Gasteiger charge is -2.08. The molecule has 0 unspecified atom stereocenters. The van der Waals surface area contributed by atoms with Gasteiger partial charge in [-0.3, -0.25) is 0 Å². The SMILES string of the molecule is FCc1ccc(C(F)(F)F)c(I)n1. The first kappa shape index (κ1) is 10.7. The van der Waals surface area contributed by atoms with Gasteiger partial charge in [-0.25, -0.2) is 9.37 Å². The molecule has 1 heterocycles. The van der Waals surface area contributed by atoms with E-state index in [1.165, 1.54) is 22.6 Å². The number of pyridine rings is 1. The average Bonchev–Trinajstić information content (AvgIpc) is 2.01. The van der Waals surface area contributed by atoms with Crippen LogP contribution >= 0.6 is 22.6 Å². The predicted molar refractivity (Wildman–Crippen MR) is 46.8 cm³/mol. The second kappa shape index (κ2) is 3.77. The Balaban J connectivity index is 3.13. The van der Waals surface area contributed by atoms with E-state index in [0.717, 1.165) is 12.1 Å². The molecule has 1 nitrogen and oxygen atoms in total. The van der Waals surface area contributed by atoms with Crippen molar-refractivity contribution in [3.05, 3.63) is 27.1 Å². The van der Waals surface area contributed by atoms with E-state index < -0.39 is 18.4 Å². The first-order chi connectivity index (χ1) is 5.95. The van der Waals surface area contributed by atoms with Crippen LogP contribution in [-0.2, 0) is 12.9 Å². The molecule has 6 heteroatoms. The van der Waals surface area contributed by atoms with Crippen LogP contribution in [0.3, 0.4) is 0 Å². The minimum absolute atomic E-state index is 0.0115. The molecule has 0 aliphatic heterocycles. The van der Waals surface area contributed by atoms with Gasteiger partial charge in [0.25, 0.3) is 0 Å². The fraction of sp³-hybridized carbons (Fsp3) is 0.286. The summed E-state index contributed by atoms with van der Waals surface area (Å²) < 4.78 is 48.2. The van der Waals surface area contributed by atoms with Crippen LogP contribution < -0.4 is 0 Å². The summed E-state index contributed by atoms with van der Waals surface area (Å²) in [6.45, 7) is -0.853. The van der Waals surface area contributed by atoms with Gasteiger partial charge in [-0.2, -0.15) is 13.2 Å². The predicted octanol–water partition coefficient (Wildman–Crippen LogP) is 3.17. The molecule has 1 aromatic heterocycles. The molecule has 0 radical (unpaired) electrons. The summed E-state index contributed by atoms with van der Waals surface area (Å²) in [5.41, 5.74) is -0.817. The van der Waals surface area contributed by atoms with Crippen molar-refractivity contribution in [1.82, 2.24) is 4.98 Å². The zero-order chi connectivity index (χ0) is 10.1. The van der Waals surface area contributed by atoms with Crippen molar-refractivity contribution in [3.63, 3.8) is 0 Å². The largest absolute Gasteiger partial charge is 0.418 e.